The van der Waals surface area contributed by atoms with Crippen LogP contribution in [0.25, 0.3) is 5.69 Å². The third-order valence-electron chi connectivity index (χ3n) is 3.08. The number of aromatic nitrogens is 2. The zero-order chi connectivity index (χ0) is 14.7. The highest BCUT2D eigenvalue weighted by Crippen LogP contribution is 2.24. The quantitative estimate of drug-likeness (QED) is 0.792. The third-order valence-corrected chi connectivity index (χ3v) is 3.08. The summed E-state index contributed by atoms with van der Waals surface area (Å²) in [6.07, 6.45) is 3.31. The maximum absolute atomic E-state index is 14.1. The molecule has 0 aliphatic heterocycles. The number of benzene rings is 2. The highest BCUT2D eigenvalue weighted by molar-refractivity contribution is 5.56. The molecule has 0 amide bonds. The largest absolute Gasteiger partial charge is 0.497 e. The first kappa shape index (κ1) is 13.2. The monoisotopic (exact) mass is 283 g/mol. The Kier molecular flexibility index (Phi) is 3.55. The number of para-hydroxylation sites is 1. The van der Waals surface area contributed by atoms with Gasteiger partial charge in [0, 0.05) is 24.1 Å². The molecular weight excluding hydrogens is 269 g/mol. The van der Waals surface area contributed by atoms with Gasteiger partial charge >= 0.3 is 0 Å². The molecule has 3 rings (SSSR count). The van der Waals surface area contributed by atoms with E-state index in [-0.39, 0.29) is 5.82 Å². The van der Waals surface area contributed by atoms with Gasteiger partial charge in [-0.25, -0.2) is 9.37 Å². The van der Waals surface area contributed by atoms with Gasteiger partial charge in [-0.1, -0.05) is 18.2 Å². The Morgan fingerprint density at radius 3 is 2.71 bits per heavy atom. The Hall–Kier alpha value is -2.82. The molecule has 0 saturated carbocycles. The van der Waals surface area contributed by atoms with Crippen LogP contribution in [0, 0.1) is 5.82 Å². The van der Waals surface area contributed by atoms with Gasteiger partial charge in [0.15, 0.2) is 0 Å². The van der Waals surface area contributed by atoms with Crippen LogP contribution in [0.15, 0.2) is 60.9 Å². The minimum absolute atomic E-state index is 0.343. The molecule has 0 unspecified atom stereocenters. The van der Waals surface area contributed by atoms with Gasteiger partial charge in [-0.2, -0.15) is 0 Å². The summed E-state index contributed by atoms with van der Waals surface area (Å²) in [5, 5.41) is 3.16. The van der Waals surface area contributed by atoms with Crippen LogP contribution < -0.4 is 10.1 Å². The number of hydrogen-bond acceptors (Lipinski definition) is 3. The fraction of sp³-hybridized carbons (Fsp3) is 0.0625. The first-order chi connectivity index (χ1) is 10.3. The number of nitrogens with zero attached hydrogens (tertiary/aromatic N) is 2. The lowest BCUT2D eigenvalue weighted by molar-refractivity contribution is 0.413. The fourth-order valence-corrected chi connectivity index (χ4v) is 2.04. The van der Waals surface area contributed by atoms with E-state index in [9.17, 15) is 4.39 Å². The number of ether oxygens (including phenoxy) is 1. The summed E-state index contributed by atoms with van der Waals surface area (Å²) < 4.78 is 20.8. The number of nitrogens with one attached hydrogen (secondary N) is 1. The van der Waals surface area contributed by atoms with E-state index in [1.807, 2.05) is 30.3 Å². The Morgan fingerprint density at radius 1 is 1.14 bits per heavy atom. The lowest BCUT2D eigenvalue weighted by atomic mass is 10.3. The fourth-order valence-electron chi connectivity index (χ4n) is 2.04. The zero-order valence-electron chi connectivity index (χ0n) is 11.5. The van der Waals surface area contributed by atoms with Gasteiger partial charge in [-0.05, 0) is 24.3 Å². The van der Waals surface area contributed by atoms with Crippen LogP contribution in [0.5, 0.6) is 5.75 Å². The van der Waals surface area contributed by atoms with Crippen LogP contribution in [-0.2, 0) is 0 Å². The minimum atomic E-state index is -0.343. The standard InChI is InChI=1S/C16H14FN3O/c1-21-13-7-8-14(17)15(11-13)20-10-9-18-16(20)19-12-5-3-2-4-6-12/h2-11H,1H3,(H,18,19). The van der Waals surface area contributed by atoms with Gasteiger partial charge in [-0.3, -0.25) is 4.57 Å². The van der Waals surface area contributed by atoms with E-state index in [0.717, 1.165) is 5.69 Å². The molecule has 3 aromatic rings. The molecule has 1 N–H and O–H groups in total. The van der Waals surface area contributed by atoms with Gasteiger partial charge in [0.1, 0.15) is 11.6 Å². The van der Waals surface area contributed by atoms with Gasteiger partial charge in [0.2, 0.25) is 5.95 Å². The van der Waals surface area contributed by atoms with E-state index in [1.165, 1.54) is 6.07 Å². The highest BCUT2D eigenvalue weighted by Gasteiger charge is 2.11. The SMILES string of the molecule is COc1ccc(F)c(-n2ccnc2Nc2ccccc2)c1. The first-order valence-corrected chi connectivity index (χ1v) is 6.47. The lowest BCUT2D eigenvalue weighted by Gasteiger charge is -2.11. The minimum Gasteiger partial charge on any atom is -0.497 e. The zero-order valence-corrected chi connectivity index (χ0v) is 11.5. The van der Waals surface area contributed by atoms with E-state index in [0.29, 0.717) is 17.4 Å². The van der Waals surface area contributed by atoms with Crippen molar-refractivity contribution < 1.29 is 9.13 Å². The average Bonchev–Trinajstić information content (AvgIpc) is 2.97. The van der Waals surface area contributed by atoms with E-state index >= 15 is 0 Å². The van der Waals surface area contributed by atoms with Crippen molar-refractivity contribution in [3.05, 3.63) is 66.7 Å². The topological polar surface area (TPSA) is 39.1 Å². The summed E-state index contributed by atoms with van der Waals surface area (Å²) in [6.45, 7) is 0. The summed E-state index contributed by atoms with van der Waals surface area (Å²) in [5.41, 5.74) is 1.26. The molecule has 0 radical (unpaired) electrons. The highest BCUT2D eigenvalue weighted by atomic mass is 19.1. The second-order valence-electron chi connectivity index (χ2n) is 4.43. The van der Waals surface area contributed by atoms with Crippen molar-refractivity contribution in [3.8, 4) is 11.4 Å². The van der Waals surface area contributed by atoms with Gasteiger partial charge in [-0.15, -0.1) is 0 Å². The van der Waals surface area contributed by atoms with Crippen LogP contribution in [-0.4, -0.2) is 16.7 Å². The first-order valence-electron chi connectivity index (χ1n) is 6.47. The van der Waals surface area contributed by atoms with Crippen LogP contribution in [0.4, 0.5) is 16.0 Å². The van der Waals surface area contributed by atoms with Crippen LogP contribution in [0.2, 0.25) is 0 Å². The molecule has 0 aliphatic carbocycles. The maximum atomic E-state index is 14.1. The van der Waals surface area contributed by atoms with Crippen molar-refractivity contribution in [3.63, 3.8) is 0 Å². The Labute approximate surface area is 121 Å². The summed E-state index contributed by atoms with van der Waals surface area (Å²) in [6, 6.07) is 14.2. The molecule has 5 heteroatoms. The molecule has 0 atom stereocenters. The molecule has 106 valence electrons. The van der Waals surface area contributed by atoms with Crippen LogP contribution in [0.3, 0.4) is 0 Å². The molecule has 0 fully saturated rings. The molecule has 2 aromatic carbocycles. The predicted molar refractivity (Wildman–Crippen MR) is 79.8 cm³/mol. The van der Waals surface area contributed by atoms with Gasteiger partial charge < -0.3 is 10.1 Å². The average molecular weight is 283 g/mol. The van der Waals surface area contributed by atoms with E-state index in [2.05, 4.69) is 10.3 Å². The molecule has 21 heavy (non-hydrogen) atoms. The Morgan fingerprint density at radius 2 is 1.95 bits per heavy atom. The van der Waals surface area contributed by atoms with Crippen molar-refractivity contribution in [2.45, 2.75) is 0 Å². The van der Waals surface area contributed by atoms with Gasteiger partial charge in [0.05, 0.1) is 12.8 Å². The number of halogens is 1. The van der Waals surface area contributed by atoms with Crippen molar-refractivity contribution >= 4 is 11.6 Å². The third kappa shape index (κ3) is 2.72. The maximum Gasteiger partial charge on any atom is 0.212 e. The van der Waals surface area contributed by atoms with Crippen molar-refractivity contribution in [2.75, 3.05) is 12.4 Å². The van der Waals surface area contributed by atoms with Gasteiger partial charge in [0.25, 0.3) is 0 Å². The van der Waals surface area contributed by atoms with E-state index < -0.39 is 0 Å². The summed E-state index contributed by atoms with van der Waals surface area (Å²) in [4.78, 5) is 4.23. The van der Waals surface area contributed by atoms with Crippen molar-refractivity contribution in [1.29, 1.82) is 0 Å². The second kappa shape index (κ2) is 5.66. The summed E-state index contributed by atoms with van der Waals surface area (Å²) in [5.74, 6) is 0.782. The predicted octanol–water partition coefficient (Wildman–Crippen LogP) is 3.76. The molecule has 0 aliphatic rings. The summed E-state index contributed by atoms with van der Waals surface area (Å²) >= 11 is 0. The van der Waals surface area contributed by atoms with Crippen molar-refractivity contribution in [2.24, 2.45) is 0 Å². The Bertz CT molecular complexity index is 740. The smallest absolute Gasteiger partial charge is 0.212 e. The van der Waals surface area contributed by atoms with E-state index in [1.54, 1.807) is 36.2 Å². The van der Waals surface area contributed by atoms with Crippen LogP contribution in [0.1, 0.15) is 0 Å². The molecule has 1 aromatic heterocycles. The molecule has 4 nitrogen and oxygen atoms in total. The molecule has 0 saturated heterocycles. The summed E-state index contributed by atoms with van der Waals surface area (Å²) in [7, 11) is 1.55. The number of imidazole rings is 1. The lowest BCUT2D eigenvalue weighted by Crippen LogP contribution is -2.03. The second-order valence-corrected chi connectivity index (χ2v) is 4.43. The number of methoxy groups -OCH3 is 1. The molecular formula is C16H14FN3O. The molecule has 0 spiro atoms. The number of hydrogen-bond donors (Lipinski definition) is 1. The molecule has 0 bridgehead atoms. The van der Waals surface area contributed by atoms with E-state index in [4.69, 9.17) is 4.74 Å². The Balaban J connectivity index is 1.99. The van der Waals surface area contributed by atoms with Crippen molar-refractivity contribution in [1.82, 2.24) is 9.55 Å². The number of rotatable bonds is 4. The normalized spacial score (nSPS) is 10.4. The molecule has 1 heterocycles. The number of anilines is 2. The van der Waals surface area contributed by atoms with Crippen LogP contribution >= 0.6 is 0 Å².